The molecule has 1 aliphatic carbocycles. The number of hydrogen-bond donors (Lipinski definition) is 1. The van der Waals surface area contributed by atoms with E-state index in [1.807, 2.05) is 25.1 Å². The van der Waals surface area contributed by atoms with E-state index < -0.39 is 5.69 Å². The zero-order chi connectivity index (χ0) is 19.7. The van der Waals surface area contributed by atoms with Crippen molar-refractivity contribution in [1.82, 2.24) is 14.5 Å². The molecule has 6 heteroatoms. The Kier molecular flexibility index (Phi) is 4.86. The highest BCUT2D eigenvalue weighted by molar-refractivity contribution is 5.82. The summed E-state index contributed by atoms with van der Waals surface area (Å²) in [4.78, 5) is 38.3. The van der Waals surface area contributed by atoms with Gasteiger partial charge in [0.2, 0.25) is 5.91 Å². The number of hydrogen-bond acceptors (Lipinski definition) is 3. The van der Waals surface area contributed by atoms with Gasteiger partial charge in [0.15, 0.2) is 0 Å². The second-order valence-electron chi connectivity index (χ2n) is 7.20. The summed E-state index contributed by atoms with van der Waals surface area (Å²) in [6.07, 6.45) is 2.46. The highest BCUT2D eigenvalue weighted by atomic mass is 16.2. The summed E-state index contributed by atoms with van der Waals surface area (Å²) in [6.45, 7) is 2.14. The first-order valence-electron chi connectivity index (χ1n) is 9.69. The van der Waals surface area contributed by atoms with Gasteiger partial charge in [0.25, 0.3) is 5.56 Å². The third kappa shape index (κ3) is 3.15. The van der Waals surface area contributed by atoms with Crippen molar-refractivity contribution < 1.29 is 4.79 Å². The van der Waals surface area contributed by atoms with Gasteiger partial charge in [-0.15, -0.1) is 0 Å². The molecule has 6 nitrogen and oxygen atoms in total. The highest BCUT2D eigenvalue weighted by Gasteiger charge is 2.24. The van der Waals surface area contributed by atoms with Crippen LogP contribution in [0.25, 0.3) is 10.9 Å². The second-order valence-corrected chi connectivity index (χ2v) is 7.20. The maximum absolute atomic E-state index is 12.9. The predicted molar refractivity (Wildman–Crippen MR) is 108 cm³/mol. The van der Waals surface area contributed by atoms with E-state index in [1.165, 1.54) is 14.7 Å². The first-order chi connectivity index (χ1) is 13.6. The molecule has 0 saturated carbocycles. The van der Waals surface area contributed by atoms with Gasteiger partial charge in [-0.05, 0) is 42.5 Å². The molecule has 28 heavy (non-hydrogen) atoms. The van der Waals surface area contributed by atoms with Gasteiger partial charge in [0, 0.05) is 6.54 Å². The molecule has 0 spiro atoms. The first-order valence-corrected chi connectivity index (χ1v) is 9.69. The number of aromatic nitrogens is 2. The number of para-hydroxylation sites is 1. The van der Waals surface area contributed by atoms with Crippen molar-refractivity contribution in [2.24, 2.45) is 0 Å². The molecule has 144 valence electrons. The van der Waals surface area contributed by atoms with Gasteiger partial charge in [0.05, 0.1) is 16.9 Å². The number of amides is 1. The normalized spacial score (nSPS) is 15.5. The summed E-state index contributed by atoms with van der Waals surface area (Å²) in [5.74, 6) is -0.226. The molecule has 1 amide bonds. The van der Waals surface area contributed by atoms with E-state index in [0.29, 0.717) is 23.9 Å². The minimum atomic E-state index is -0.437. The largest absolute Gasteiger partial charge is 0.348 e. The molecule has 3 aromatic rings. The van der Waals surface area contributed by atoms with Crippen LogP contribution < -0.4 is 16.6 Å². The van der Waals surface area contributed by atoms with Gasteiger partial charge < -0.3 is 5.32 Å². The fourth-order valence-electron chi connectivity index (χ4n) is 4.04. The topological polar surface area (TPSA) is 73.1 Å². The van der Waals surface area contributed by atoms with Crippen molar-refractivity contribution >= 4 is 16.8 Å². The standard InChI is InChI=1S/C22H23N3O3/c1-2-13-24-21(27)17-9-5-6-10-19(17)25(22(24)28)14-20(26)23-18-12-11-15-7-3-4-8-16(15)18/h3-10,18H,2,11-14H2,1H3,(H,23,26). The minimum Gasteiger partial charge on any atom is -0.348 e. The average molecular weight is 377 g/mol. The molecule has 1 aliphatic rings. The van der Waals surface area contributed by atoms with E-state index in [1.54, 1.807) is 24.3 Å². The van der Waals surface area contributed by atoms with Crippen LogP contribution in [0.3, 0.4) is 0 Å². The van der Waals surface area contributed by atoms with Crippen LogP contribution in [0.5, 0.6) is 0 Å². The molecule has 4 rings (SSSR count). The maximum atomic E-state index is 12.9. The van der Waals surface area contributed by atoms with Crippen LogP contribution >= 0.6 is 0 Å². The molecule has 1 aromatic heterocycles. The van der Waals surface area contributed by atoms with Crippen molar-refractivity contribution in [3.8, 4) is 0 Å². The molecule has 1 unspecified atom stereocenters. The van der Waals surface area contributed by atoms with E-state index >= 15 is 0 Å². The molecule has 1 atom stereocenters. The zero-order valence-electron chi connectivity index (χ0n) is 15.9. The Bertz CT molecular complexity index is 1160. The van der Waals surface area contributed by atoms with Crippen LogP contribution in [0.15, 0.2) is 58.1 Å². The number of carbonyl (C=O) groups is 1. The minimum absolute atomic E-state index is 0.0350. The number of nitrogens with zero attached hydrogens (tertiary/aromatic N) is 2. The number of rotatable bonds is 5. The summed E-state index contributed by atoms with van der Waals surface area (Å²) in [6, 6.07) is 15.0. The monoisotopic (exact) mass is 377 g/mol. The Labute approximate surface area is 162 Å². The van der Waals surface area contributed by atoms with Crippen molar-refractivity contribution in [3.63, 3.8) is 0 Å². The Morgan fingerprint density at radius 2 is 1.82 bits per heavy atom. The van der Waals surface area contributed by atoms with Gasteiger partial charge in [-0.3, -0.25) is 18.7 Å². The van der Waals surface area contributed by atoms with E-state index in [9.17, 15) is 14.4 Å². The highest BCUT2D eigenvalue weighted by Crippen LogP contribution is 2.30. The summed E-state index contributed by atoms with van der Waals surface area (Å²) < 4.78 is 2.63. The zero-order valence-corrected chi connectivity index (χ0v) is 15.9. The van der Waals surface area contributed by atoms with Crippen LogP contribution in [0.2, 0.25) is 0 Å². The second kappa shape index (κ2) is 7.46. The number of benzene rings is 2. The molecule has 0 fully saturated rings. The molecule has 2 aromatic carbocycles. The van der Waals surface area contributed by atoms with E-state index in [-0.39, 0.29) is 24.1 Å². The van der Waals surface area contributed by atoms with Gasteiger partial charge >= 0.3 is 5.69 Å². The fraction of sp³-hybridized carbons (Fsp3) is 0.318. The quantitative estimate of drug-likeness (QED) is 0.742. The number of fused-ring (bicyclic) bond motifs is 2. The van der Waals surface area contributed by atoms with Crippen LogP contribution in [0.1, 0.15) is 36.9 Å². The van der Waals surface area contributed by atoms with Gasteiger partial charge in [-0.25, -0.2) is 4.79 Å². The predicted octanol–water partition coefficient (Wildman–Crippen LogP) is 2.38. The lowest BCUT2D eigenvalue weighted by Gasteiger charge is -2.17. The lowest BCUT2D eigenvalue weighted by atomic mass is 10.1. The third-order valence-corrected chi connectivity index (χ3v) is 5.35. The lowest BCUT2D eigenvalue weighted by molar-refractivity contribution is -0.122. The third-order valence-electron chi connectivity index (χ3n) is 5.35. The molecule has 0 radical (unpaired) electrons. The molecule has 0 bridgehead atoms. The van der Waals surface area contributed by atoms with Crippen molar-refractivity contribution in [2.75, 3.05) is 0 Å². The Morgan fingerprint density at radius 3 is 2.64 bits per heavy atom. The summed E-state index contributed by atoms with van der Waals surface area (Å²) >= 11 is 0. The molecule has 1 heterocycles. The van der Waals surface area contributed by atoms with E-state index in [0.717, 1.165) is 18.4 Å². The Hall–Kier alpha value is -3.15. The van der Waals surface area contributed by atoms with E-state index in [4.69, 9.17) is 0 Å². The smallest absolute Gasteiger partial charge is 0.331 e. The number of nitrogens with one attached hydrogen (secondary N) is 1. The first kappa shape index (κ1) is 18.2. The summed E-state index contributed by atoms with van der Waals surface area (Å²) in [7, 11) is 0. The summed E-state index contributed by atoms with van der Waals surface area (Å²) in [5.41, 5.74) is 2.15. The van der Waals surface area contributed by atoms with Gasteiger partial charge in [0.1, 0.15) is 6.54 Å². The maximum Gasteiger partial charge on any atom is 0.331 e. The molecular weight excluding hydrogens is 354 g/mol. The molecule has 0 aliphatic heterocycles. The van der Waals surface area contributed by atoms with Gasteiger partial charge in [-0.2, -0.15) is 0 Å². The van der Waals surface area contributed by atoms with Crippen LogP contribution in [-0.4, -0.2) is 15.0 Å². The Balaban J connectivity index is 1.67. The average Bonchev–Trinajstić information content (AvgIpc) is 3.11. The summed E-state index contributed by atoms with van der Waals surface area (Å²) in [5, 5.41) is 3.51. The van der Waals surface area contributed by atoms with Gasteiger partial charge in [-0.1, -0.05) is 43.3 Å². The van der Waals surface area contributed by atoms with E-state index in [2.05, 4.69) is 11.4 Å². The number of aryl methyl sites for hydroxylation is 1. The SMILES string of the molecule is CCCn1c(=O)c2ccccc2n(CC(=O)NC2CCc3ccccc32)c1=O. The molecule has 0 saturated heterocycles. The van der Waals surface area contributed by atoms with Crippen molar-refractivity contribution in [2.45, 2.75) is 45.3 Å². The Morgan fingerprint density at radius 1 is 1.07 bits per heavy atom. The fourth-order valence-corrected chi connectivity index (χ4v) is 4.04. The molecule has 1 N–H and O–H groups in total. The lowest BCUT2D eigenvalue weighted by Crippen LogP contribution is -2.43. The number of carbonyl (C=O) groups excluding carboxylic acids is 1. The van der Waals surface area contributed by atoms with Crippen LogP contribution in [0.4, 0.5) is 0 Å². The van der Waals surface area contributed by atoms with Crippen molar-refractivity contribution in [1.29, 1.82) is 0 Å². The van der Waals surface area contributed by atoms with Crippen LogP contribution in [0, 0.1) is 0 Å². The molecular formula is C22H23N3O3. The van der Waals surface area contributed by atoms with Crippen molar-refractivity contribution in [3.05, 3.63) is 80.5 Å². The van der Waals surface area contributed by atoms with Crippen LogP contribution in [-0.2, 0) is 24.3 Å².